The van der Waals surface area contributed by atoms with Crippen molar-refractivity contribution in [2.75, 3.05) is 5.32 Å². The number of anilines is 2. The Morgan fingerprint density at radius 1 is 1.29 bits per heavy atom. The number of fused-ring (bicyclic) bond motifs is 1. The van der Waals surface area contributed by atoms with Crippen molar-refractivity contribution >= 4 is 48.8 Å². The summed E-state index contributed by atoms with van der Waals surface area (Å²) >= 11 is 3.44. The van der Waals surface area contributed by atoms with Crippen LogP contribution in [0.25, 0.3) is 11.2 Å². The van der Waals surface area contributed by atoms with Gasteiger partial charge < -0.3 is 5.32 Å². The summed E-state index contributed by atoms with van der Waals surface area (Å²) in [4.78, 5) is 4.41. The summed E-state index contributed by atoms with van der Waals surface area (Å²) in [5.74, 6) is 0.617. The summed E-state index contributed by atoms with van der Waals surface area (Å²) in [7, 11) is -4.24. The molecule has 0 aliphatic heterocycles. The lowest BCUT2D eigenvalue weighted by atomic mass is 10.2. The Morgan fingerprint density at radius 3 is 2.64 bits per heavy atom. The monoisotopic (exact) mass is 460 g/mol. The third-order valence-electron chi connectivity index (χ3n) is 3.78. The highest BCUT2D eigenvalue weighted by Gasteiger charge is 2.13. The Morgan fingerprint density at radius 2 is 2.00 bits per heavy atom. The molecule has 7 nitrogen and oxygen atoms in total. The Hall–Kier alpha value is -2.75. The molecule has 0 unspecified atom stereocenters. The lowest BCUT2D eigenvalue weighted by Crippen LogP contribution is -2.04. The van der Waals surface area contributed by atoms with Crippen LogP contribution in [0.3, 0.4) is 0 Å². The molecular formula is C19H17BrN4O3S. The number of hydrogen-bond acceptors (Lipinski definition) is 5. The molecule has 0 saturated carbocycles. The Bertz CT molecular complexity index is 1200. The van der Waals surface area contributed by atoms with Crippen LogP contribution in [0.15, 0.2) is 76.8 Å². The average Bonchev–Trinajstić information content (AvgIpc) is 3.03. The topological polar surface area (TPSA) is 96.6 Å². The highest BCUT2D eigenvalue weighted by atomic mass is 79.9. The van der Waals surface area contributed by atoms with E-state index in [-0.39, 0.29) is 4.90 Å². The summed E-state index contributed by atoms with van der Waals surface area (Å²) in [6, 6.07) is 7.53. The van der Waals surface area contributed by atoms with E-state index in [2.05, 4.69) is 37.9 Å². The third-order valence-corrected chi connectivity index (χ3v) is 5.21. The van der Waals surface area contributed by atoms with E-state index in [9.17, 15) is 8.42 Å². The number of nitrogens with zero attached hydrogens (tertiary/aromatic N) is 3. The van der Waals surface area contributed by atoms with Gasteiger partial charge in [-0.1, -0.05) is 30.9 Å². The van der Waals surface area contributed by atoms with Gasteiger partial charge in [-0.15, -0.1) is 0 Å². The molecule has 2 N–H and O–H groups in total. The molecule has 1 aromatic carbocycles. The van der Waals surface area contributed by atoms with E-state index in [1.165, 1.54) is 12.1 Å². The SMILES string of the molecule is C=C(/C=C\C=C/C)c1cc(Nc2ccc(S(=O)(=O)O)cc2)n2ncc(Br)c2n1. The Balaban J connectivity index is 2.01. The molecule has 3 aromatic rings. The van der Waals surface area contributed by atoms with E-state index >= 15 is 0 Å². The first kappa shape index (κ1) is 20.0. The highest BCUT2D eigenvalue weighted by Crippen LogP contribution is 2.26. The first-order chi connectivity index (χ1) is 13.3. The third kappa shape index (κ3) is 4.38. The maximum Gasteiger partial charge on any atom is 0.294 e. The van der Waals surface area contributed by atoms with Crippen molar-refractivity contribution in [1.29, 1.82) is 0 Å². The highest BCUT2D eigenvalue weighted by molar-refractivity contribution is 9.10. The molecule has 2 heterocycles. The van der Waals surface area contributed by atoms with Gasteiger partial charge in [-0.05, 0) is 52.7 Å². The van der Waals surface area contributed by atoms with Crippen molar-refractivity contribution in [3.63, 3.8) is 0 Å². The van der Waals surface area contributed by atoms with Crippen LogP contribution in [0.1, 0.15) is 12.6 Å². The van der Waals surface area contributed by atoms with Crippen molar-refractivity contribution in [2.45, 2.75) is 11.8 Å². The van der Waals surface area contributed by atoms with Gasteiger partial charge in [0, 0.05) is 11.8 Å². The van der Waals surface area contributed by atoms with Crippen LogP contribution in [0.5, 0.6) is 0 Å². The van der Waals surface area contributed by atoms with Gasteiger partial charge in [0.25, 0.3) is 10.1 Å². The minimum atomic E-state index is -4.24. The molecule has 0 spiro atoms. The average molecular weight is 461 g/mol. The molecule has 9 heteroatoms. The van der Waals surface area contributed by atoms with Crippen LogP contribution in [0, 0.1) is 0 Å². The number of halogens is 1. The predicted molar refractivity (Wildman–Crippen MR) is 113 cm³/mol. The van der Waals surface area contributed by atoms with Gasteiger partial charge in [-0.25, -0.2) is 4.98 Å². The van der Waals surface area contributed by atoms with Crippen molar-refractivity contribution in [2.24, 2.45) is 0 Å². The van der Waals surface area contributed by atoms with Gasteiger partial charge >= 0.3 is 0 Å². The van der Waals surface area contributed by atoms with Gasteiger partial charge in [-0.2, -0.15) is 18.0 Å². The lowest BCUT2D eigenvalue weighted by molar-refractivity contribution is 0.483. The number of rotatable bonds is 6. The number of nitrogens with one attached hydrogen (secondary N) is 1. The normalized spacial score (nSPS) is 12.2. The van der Waals surface area contributed by atoms with Gasteiger partial charge in [-0.3, -0.25) is 4.55 Å². The standard InChI is InChI=1S/C19H17BrN4O3S/c1-3-4-5-6-13(2)17-11-18(24-19(23-17)16(20)12-21-24)22-14-7-9-15(10-8-14)28(25,26)27/h3-12,22H,2H2,1H3,(H,25,26,27)/b4-3-,6-5-. The van der Waals surface area contributed by atoms with Crippen molar-refractivity contribution in [1.82, 2.24) is 14.6 Å². The zero-order valence-corrected chi connectivity index (χ0v) is 17.3. The van der Waals surface area contributed by atoms with Gasteiger partial charge in [0.1, 0.15) is 5.82 Å². The molecule has 0 atom stereocenters. The van der Waals surface area contributed by atoms with Crippen LogP contribution < -0.4 is 5.32 Å². The molecule has 0 fully saturated rings. The summed E-state index contributed by atoms with van der Waals surface area (Å²) in [5, 5.41) is 7.48. The fourth-order valence-corrected chi connectivity index (χ4v) is 3.24. The number of aromatic nitrogens is 3. The maximum atomic E-state index is 11.2. The molecule has 0 aliphatic rings. The maximum absolute atomic E-state index is 11.2. The second-order valence-electron chi connectivity index (χ2n) is 5.79. The smallest absolute Gasteiger partial charge is 0.294 e. The largest absolute Gasteiger partial charge is 0.340 e. The zero-order valence-electron chi connectivity index (χ0n) is 14.9. The zero-order chi connectivity index (χ0) is 20.3. The van der Waals surface area contributed by atoms with E-state index in [1.54, 1.807) is 28.9 Å². The van der Waals surface area contributed by atoms with E-state index < -0.39 is 10.1 Å². The molecule has 0 amide bonds. The summed E-state index contributed by atoms with van der Waals surface area (Å²) in [5.41, 5.74) is 2.60. The first-order valence-electron chi connectivity index (χ1n) is 8.17. The number of allylic oxidation sites excluding steroid dienone is 5. The van der Waals surface area contributed by atoms with E-state index in [0.717, 1.165) is 10.0 Å². The molecule has 0 bridgehead atoms. The molecule has 3 rings (SSSR count). The molecule has 28 heavy (non-hydrogen) atoms. The van der Waals surface area contributed by atoms with Crippen LogP contribution >= 0.6 is 15.9 Å². The minimum absolute atomic E-state index is 0.178. The molecular weight excluding hydrogens is 444 g/mol. The van der Waals surface area contributed by atoms with E-state index in [1.807, 2.05) is 31.2 Å². The van der Waals surface area contributed by atoms with E-state index in [4.69, 9.17) is 4.55 Å². The summed E-state index contributed by atoms with van der Waals surface area (Å²) in [6.07, 6.45) is 9.18. The number of benzene rings is 1. The van der Waals surface area contributed by atoms with Crippen molar-refractivity contribution in [3.05, 3.63) is 77.6 Å². The predicted octanol–water partition coefficient (Wildman–Crippen LogP) is 4.63. The fraction of sp³-hybridized carbons (Fsp3) is 0.0526. The lowest BCUT2D eigenvalue weighted by Gasteiger charge is -2.11. The van der Waals surface area contributed by atoms with Gasteiger partial charge in [0.2, 0.25) is 0 Å². The summed E-state index contributed by atoms with van der Waals surface area (Å²) in [6.45, 7) is 5.98. The van der Waals surface area contributed by atoms with Gasteiger partial charge in [0.15, 0.2) is 5.65 Å². The second-order valence-corrected chi connectivity index (χ2v) is 8.06. The quantitative estimate of drug-likeness (QED) is 0.411. The van der Waals surface area contributed by atoms with Crippen LogP contribution in [0.4, 0.5) is 11.5 Å². The van der Waals surface area contributed by atoms with Crippen LogP contribution in [-0.4, -0.2) is 27.6 Å². The Kier molecular flexibility index (Phi) is 5.78. The number of hydrogen-bond donors (Lipinski definition) is 2. The first-order valence-corrected chi connectivity index (χ1v) is 10.4. The Labute approximate surface area is 171 Å². The van der Waals surface area contributed by atoms with Crippen molar-refractivity contribution in [3.8, 4) is 0 Å². The molecule has 0 saturated heterocycles. The van der Waals surface area contributed by atoms with Crippen LogP contribution in [-0.2, 0) is 10.1 Å². The van der Waals surface area contributed by atoms with Crippen molar-refractivity contribution < 1.29 is 13.0 Å². The van der Waals surface area contributed by atoms with E-state index in [0.29, 0.717) is 22.8 Å². The molecule has 0 radical (unpaired) electrons. The second kappa shape index (κ2) is 8.09. The fourth-order valence-electron chi connectivity index (χ4n) is 2.42. The summed E-state index contributed by atoms with van der Waals surface area (Å²) < 4.78 is 33.8. The molecule has 144 valence electrons. The molecule has 0 aliphatic carbocycles. The minimum Gasteiger partial charge on any atom is -0.340 e. The van der Waals surface area contributed by atoms with Crippen LogP contribution in [0.2, 0.25) is 0 Å². The van der Waals surface area contributed by atoms with Gasteiger partial charge in [0.05, 0.1) is 21.3 Å². The molecule has 2 aromatic heterocycles.